The molecule has 3 aromatic rings. The Morgan fingerprint density at radius 2 is 1.88 bits per heavy atom. The van der Waals surface area contributed by atoms with Crippen molar-refractivity contribution in [3.05, 3.63) is 54.0 Å². The average Bonchev–Trinajstić information content (AvgIpc) is 2.87. The molecule has 7 heteroatoms. The molecule has 4 nitrogen and oxygen atoms in total. The fraction of sp³-hybridized carbons (Fsp3) is 0.263. The van der Waals surface area contributed by atoms with Gasteiger partial charge in [-0.15, -0.1) is 0 Å². The standard InChI is InChI=1S/C19H21FN2O2S2/c1-5-25-22-13(2)19(17-11-14(20)9-10-18(17)22)26(23,24)16-8-6-7-15(12-16)21(3)4/h6-12H,5H2,1-4H3. The van der Waals surface area contributed by atoms with E-state index in [2.05, 4.69) is 0 Å². The predicted octanol–water partition coefficient (Wildman–Crippen LogP) is 4.50. The van der Waals surface area contributed by atoms with Crippen LogP contribution in [0.15, 0.2) is 52.3 Å². The third-order valence-corrected chi connectivity index (χ3v) is 7.14. The first-order chi connectivity index (χ1) is 12.3. The van der Waals surface area contributed by atoms with Crippen LogP contribution in [0.25, 0.3) is 10.9 Å². The maximum atomic E-state index is 13.9. The first kappa shape index (κ1) is 18.8. The molecule has 0 saturated carbocycles. The van der Waals surface area contributed by atoms with E-state index >= 15 is 0 Å². The van der Waals surface area contributed by atoms with E-state index in [1.165, 1.54) is 24.1 Å². The number of nitrogens with zero attached hydrogens (tertiary/aromatic N) is 2. The van der Waals surface area contributed by atoms with Crippen molar-refractivity contribution in [3.8, 4) is 0 Å². The number of sulfone groups is 1. The second-order valence-electron chi connectivity index (χ2n) is 6.18. The summed E-state index contributed by atoms with van der Waals surface area (Å²) in [5.41, 5.74) is 2.10. The lowest BCUT2D eigenvalue weighted by Gasteiger charge is -2.14. The van der Waals surface area contributed by atoms with Gasteiger partial charge < -0.3 is 4.90 Å². The van der Waals surface area contributed by atoms with Crippen LogP contribution >= 0.6 is 11.9 Å². The normalized spacial score (nSPS) is 11.9. The largest absolute Gasteiger partial charge is 0.378 e. The molecule has 0 fully saturated rings. The minimum Gasteiger partial charge on any atom is -0.378 e. The smallest absolute Gasteiger partial charge is 0.209 e. The van der Waals surface area contributed by atoms with Crippen molar-refractivity contribution in [3.63, 3.8) is 0 Å². The summed E-state index contributed by atoms with van der Waals surface area (Å²) >= 11 is 1.50. The van der Waals surface area contributed by atoms with Gasteiger partial charge in [0.2, 0.25) is 9.84 Å². The van der Waals surface area contributed by atoms with Gasteiger partial charge in [0.25, 0.3) is 0 Å². The number of benzene rings is 2. The van der Waals surface area contributed by atoms with Crippen LogP contribution in [-0.4, -0.2) is 32.2 Å². The van der Waals surface area contributed by atoms with Gasteiger partial charge in [-0.25, -0.2) is 12.8 Å². The zero-order valence-corrected chi connectivity index (χ0v) is 16.8. The summed E-state index contributed by atoms with van der Waals surface area (Å²) in [5, 5.41) is 0.415. The molecule has 0 aliphatic carbocycles. The zero-order valence-electron chi connectivity index (χ0n) is 15.2. The molecule has 26 heavy (non-hydrogen) atoms. The van der Waals surface area contributed by atoms with E-state index < -0.39 is 15.7 Å². The summed E-state index contributed by atoms with van der Waals surface area (Å²) in [6.07, 6.45) is 0. The highest BCUT2D eigenvalue weighted by Gasteiger charge is 2.28. The maximum absolute atomic E-state index is 13.9. The number of hydrogen-bond donors (Lipinski definition) is 0. The van der Waals surface area contributed by atoms with E-state index in [9.17, 15) is 12.8 Å². The molecule has 0 amide bonds. The summed E-state index contributed by atoms with van der Waals surface area (Å²) < 4.78 is 42.6. The Kier molecular flexibility index (Phi) is 5.03. The fourth-order valence-corrected chi connectivity index (χ4v) is 5.62. The van der Waals surface area contributed by atoms with E-state index in [1.807, 2.05) is 36.0 Å². The van der Waals surface area contributed by atoms with Crippen LogP contribution in [0.3, 0.4) is 0 Å². The van der Waals surface area contributed by atoms with Gasteiger partial charge >= 0.3 is 0 Å². The van der Waals surface area contributed by atoms with Crippen LogP contribution in [0, 0.1) is 12.7 Å². The van der Waals surface area contributed by atoms with Crippen LogP contribution < -0.4 is 4.90 Å². The number of anilines is 1. The van der Waals surface area contributed by atoms with Gasteiger partial charge in [-0.1, -0.05) is 13.0 Å². The Morgan fingerprint density at radius 3 is 2.54 bits per heavy atom. The Morgan fingerprint density at radius 1 is 1.15 bits per heavy atom. The molecular formula is C19H21FN2O2S2. The van der Waals surface area contributed by atoms with Crippen LogP contribution in [0.1, 0.15) is 12.6 Å². The van der Waals surface area contributed by atoms with Crippen molar-refractivity contribution in [2.24, 2.45) is 0 Å². The van der Waals surface area contributed by atoms with E-state index in [0.717, 1.165) is 11.4 Å². The average molecular weight is 393 g/mol. The lowest BCUT2D eigenvalue weighted by atomic mass is 10.2. The Balaban J connectivity index is 2.32. The molecule has 1 heterocycles. The summed E-state index contributed by atoms with van der Waals surface area (Å²) in [7, 11) is -0.0795. The number of aromatic nitrogens is 1. The van der Waals surface area contributed by atoms with Gasteiger partial charge in [0.15, 0.2) is 0 Å². The van der Waals surface area contributed by atoms with Crippen molar-refractivity contribution in [1.29, 1.82) is 0 Å². The number of halogens is 1. The molecular weight excluding hydrogens is 371 g/mol. The highest BCUT2D eigenvalue weighted by molar-refractivity contribution is 7.98. The minimum absolute atomic E-state index is 0.170. The maximum Gasteiger partial charge on any atom is 0.209 e. The first-order valence-corrected chi connectivity index (χ1v) is 10.7. The van der Waals surface area contributed by atoms with Crippen molar-refractivity contribution >= 4 is 38.4 Å². The first-order valence-electron chi connectivity index (χ1n) is 8.23. The van der Waals surface area contributed by atoms with E-state index in [-0.39, 0.29) is 9.79 Å². The van der Waals surface area contributed by atoms with E-state index in [4.69, 9.17) is 0 Å². The van der Waals surface area contributed by atoms with Crippen molar-refractivity contribution in [1.82, 2.24) is 3.97 Å². The van der Waals surface area contributed by atoms with Gasteiger partial charge in [-0.05, 0) is 55.3 Å². The third-order valence-electron chi connectivity index (χ3n) is 4.23. The van der Waals surface area contributed by atoms with Crippen LogP contribution in [-0.2, 0) is 9.84 Å². The van der Waals surface area contributed by atoms with Gasteiger partial charge in [-0.3, -0.25) is 3.97 Å². The Hall–Kier alpha value is -1.99. The molecule has 1 aromatic heterocycles. The van der Waals surface area contributed by atoms with Crippen LogP contribution in [0.5, 0.6) is 0 Å². The van der Waals surface area contributed by atoms with E-state index in [1.54, 1.807) is 31.2 Å². The van der Waals surface area contributed by atoms with E-state index in [0.29, 0.717) is 16.6 Å². The van der Waals surface area contributed by atoms with Crippen molar-refractivity contribution in [2.75, 3.05) is 24.7 Å². The van der Waals surface area contributed by atoms with Crippen LogP contribution in [0.4, 0.5) is 10.1 Å². The Labute approximate surface area is 157 Å². The van der Waals surface area contributed by atoms with Crippen molar-refractivity contribution < 1.29 is 12.8 Å². The lowest BCUT2D eigenvalue weighted by molar-refractivity contribution is 0.596. The Bertz CT molecular complexity index is 1070. The quantitative estimate of drug-likeness (QED) is 0.641. The second kappa shape index (κ2) is 6.96. The minimum atomic E-state index is -3.79. The molecule has 0 radical (unpaired) electrons. The predicted molar refractivity (Wildman–Crippen MR) is 106 cm³/mol. The highest BCUT2D eigenvalue weighted by atomic mass is 32.2. The van der Waals surface area contributed by atoms with Gasteiger partial charge in [-0.2, -0.15) is 0 Å². The molecule has 0 aliphatic heterocycles. The molecule has 0 N–H and O–H groups in total. The molecule has 0 saturated heterocycles. The third kappa shape index (κ3) is 3.10. The zero-order chi connectivity index (χ0) is 19.1. The molecule has 0 bridgehead atoms. The topological polar surface area (TPSA) is 42.3 Å². The molecule has 3 rings (SSSR count). The highest BCUT2D eigenvalue weighted by Crippen LogP contribution is 2.37. The lowest BCUT2D eigenvalue weighted by Crippen LogP contribution is -2.10. The SMILES string of the molecule is CCSn1c(C)c(S(=O)(=O)c2cccc(N(C)C)c2)c2cc(F)ccc21. The molecule has 0 aliphatic rings. The summed E-state index contributed by atoms with van der Waals surface area (Å²) in [5.74, 6) is 0.326. The molecule has 0 atom stereocenters. The molecule has 0 unspecified atom stereocenters. The number of hydrogen-bond acceptors (Lipinski definition) is 4. The molecule has 0 spiro atoms. The van der Waals surface area contributed by atoms with Gasteiger partial charge in [0, 0.05) is 36.6 Å². The molecule has 138 valence electrons. The second-order valence-corrected chi connectivity index (χ2v) is 9.27. The van der Waals surface area contributed by atoms with Gasteiger partial charge in [0.05, 0.1) is 10.4 Å². The van der Waals surface area contributed by atoms with Crippen LogP contribution in [0.2, 0.25) is 0 Å². The summed E-state index contributed by atoms with van der Waals surface area (Å²) in [6.45, 7) is 3.76. The summed E-state index contributed by atoms with van der Waals surface area (Å²) in [6, 6.07) is 11.1. The molecule has 2 aromatic carbocycles. The van der Waals surface area contributed by atoms with Gasteiger partial charge in [0.1, 0.15) is 10.7 Å². The fourth-order valence-electron chi connectivity index (χ4n) is 3.02. The summed E-state index contributed by atoms with van der Waals surface area (Å²) in [4.78, 5) is 2.22. The number of fused-ring (bicyclic) bond motifs is 1. The number of rotatable bonds is 5. The van der Waals surface area contributed by atoms with Crippen molar-refractivity contribution in [2.45, 2.75) is 23.6 Å². The monoisotopic (exact) mass is 392 g/mol.